The van der Waals surface area contributed by atoms with Crippen LogP contribution in [0.5, 0.6) is 5.75 Å². The third-order valence-electron chi connectivity index (χ3n) is 3.84. The predicted octanol–water partition coefficient (Wildman–Crippen LogP) is 3.51. The molecule has 0 aliphatic carbocycles. The Kier molecular flexibility index (Phi) is 3.31. The number of hydrogen-bond donors (Lipinski definition) is 1. The van der Waals surface area contributed by atoms with E-state index in [1.54, 1.807) is 7.11 Å². The van der Waals surface area contributed by atoms with Crippen LogP contribution < -0.4 is 4.74 Å². The van der Waals surface area contributed by atoms with Crippen molar-refractivity contribution in [2.24, 2.45) is 0 Å². The highest BCUT2D eigenvalue weighted by Crippen LogP contribution is 2.30. The lowest BCUT2D eigenvalue weighted by molar-refractivity contribution is 0.118. The molecule has 0 aliphatic heterocycles. The van der Waals surface area contributed by atoms with Crippen LogP contribution in [-0.2, 0) is 5.41 Å². The van der Waals surface area contributed by atoms with E-state index in [9.17, 15) is 5.11 Å². The number of rotatable bonds is 3. The van der Waals surface area contributed by atoms with E-state index in [1.165, 1.54) is 5.39 Å². The molecule has 2 aromatic carbocycles. The van der Waals surface area contributed by atoms with Gasteiger partial charge in [-0.2, -0.15) is 0 Å². The Balaban J connectivity index is 2.51. The molecule has 0 aromatic heterocycles. The number of methoxy groups -OCH3 is 1. The Morgan fingerprint density at radius 1 is 1.06 bits per heavy atom. The molecule has 2 heteroatoms. The maximum atomic E-state index is 9.87. The molecule has 2 nitrogen and oxygen atoms in total. The summed E-state index contributed by atoms with van der Waals surface area (Å²) in [6, 6.07) is 12.3. The first-order valence-electron chi connectivity index (χ1n) is 6.21. The van der Waals surface area contributed by atoms with Crippen molar-refractivity contribution in [1.29, 1.82) is 0 Å². The molecule has 0 heterocycles. The molecule has 0 spiro atoms. The van der Waals surface area contributed by atoms with Crippen LogP contribution in [0.15, 0.2) is 36.4 Å². The summed E-state index contributed by atoms with van der Waals surface area (Å²) in [5.41, 5.74) is 0.906. The fourth-order valence-electron chi connectivity index (χ4n) is 1.99. The smallest absolute Gasteiger partial charge is 0.119 e. The van der Waals surface area contributed by atoms with Gasteiger partial charge in [-0.3, -0.25) is 0 Å². The van der Waals surface area contributed by atoms with Gasteiger partial charge in [-0.05, 0) is 35.4 Å². The Morgan fingerprint density at radius 2 is 1.67 bits per heavy atom. The summed E-state index contributed by atoms with van der Waals surface area (Å²) in [5, 5.41) is 12.2. The molecule has 0 aliphatic rings. The van der Waals surface area contributed by atoms with E-state index in [-0.39, 0.29) is 11.5 Å². The Labute approximate surface area is 108 Å². The number of benzene rings is 2. The predicted molar refractivity (Wildman–Crippen MR) is 75.2 cm³/mol. The zero-order valence-electron chi connectivity index (χ0n) is 11.4. The van der Waals surface area contributed by atoms with Crippen molar-refractivity contribution in [3.05, 3.63) is 42.0 Å². The average molecular weight is 244 g/mol. The summed E-state index contributed by atoms with van der Waals surface area (Å²) in [6.45, 7) is 5.95. The van der Waals surface area contributed by atoms with Gasteiger partial charge in [0.15, 0.2) is 0 Å². The van der Waals surface area contributed by atoms with E-state index in [4.69, 9.17) is 4.74 Å². The maximum Gasteiger partial charge on any atom is 0.119 e. The second kappa shape index (κ2) is 4.62. The molecule has 96 valence electrons. The SMILES string of the molecule is COc1ccc2cc(C(C)(C)[C@H](C)O)ccc2c1. The highest BCUT2D eigenvalue weighted by Gasteiger charge is 2.26. The number of fused-ring (bicyclic) bond motifs is 1. The zero-order valence-corrected chi connectivity index (χ0v) is 11.4. The molecule has 0 bridgehead atoms. The van der Waals surface area contributed by atoms with E-state index in [2.05, 4.69) is 38.1 Å². The highest BCUT2D eigenvalue weighted by molar-refractivity contribution is 5.84. The van der Waals surface area contributed by atoms with E-state index >= 15 is 0 Å². The normalized spacial score (nSPS) is 13.6. The van der Waals surface area contributed by atoms with Crippen LogP contribution in [-0.4, -0.2) is 18.3 Å². The molecule has 0 radical (unpaired) electrons. The summed E-state index contributed by atoms with van der Waals surface area (Å²) in [5.74, 6) is 0.866. The van der Waals surface area contributed by atoms with E-state index in [0.29, 0.717) is 0 Å². The second-order valence-corrected chi connectivity index (χ2v) is 5.33. The van der Waals surface area contributed by atoms with Crippen molar-refractivity contribution in [3.8, 4) is 5.75 Å². The van der Waals surface area contributed by atoms with E-state index < -0.39 is 0 Å². The van der Waals surface area contributed by atoms with Crippen molar-refractivity contribution in [2.75, 3.05) is 7.11 Å². The summed E-state index contributed by atoms with van der Waals surface area (Å²) in [6.07, 6.45) is -0.381. The molecule has 18 heavy (non-hydrogen) atoms. The van der Waals surface area contributed by atoms with Gasteiger partial charge in [-0.25, -0.2) is 0 Å². The molecular formula is C16H20O2. The lowest BCUT2D eigenvalue weighted by Gasteiger charge is -2.28. The first kappa shape index (κ1) is 12.9. The molecule has 0 unspecified atom stereocenters. The van der Waals surface area contributed by atoms with Crippen molar-refractivity contribution < 1.29 is 9.84 Å². The zero-order chi connectivity index (χ0) is 13.3. The van der Waals surface area contributed by atoms with Crippen LogP contribution in [0.1, 0.15) is 26.3 Å². The standard InChI is InChI=1S/C16H20O2/c1-11(17)16(2,3)14-7-5-13-10-15(18-4)8-6-12(13)9-14/h5-11,17H,1-4H3/t11-/m0/s1. The van der Waals surface area contributed by atoms with Gasteiger partial charge in [-0.1, -0.05) is 38.1 Å². The van der Waals surface area contributed by atoms with Gasteiger partial charge in [-0.15, -0.1) is 0 Å². The first-order chi connectivity index (χ1) is 8.45. The summed E-state index contributed by atoms with van der Waals surface area (Å²) in [7, 11) is 1.67. The third-order valence-corrected chi connectivity index (χ3v) is 3.84. The minimum Gasteiger partial charge on any atom is -0.497 e. The third kappa shape index (κ3) is 2.21. The monoisotopic (exact) mass is 244 g/mol. The van der Waals surface area contributed by atoms with Gasteiger partial charge < -0.3 is 9.84 Å². The number of aliphatic hydroxyl groups is 1. The average Bonchev–Trinajstić information content (AvgIpc) is 2.37. The van der Waals surface area contributed by atoms with Gasteiger partial charge in [0, 0.05) is 5.41 Å². The van der Waals surface area contributed by atoms with E-state index in [1.807, 2.05) is 19.1 Å². The molecule has 1 N–H and O–H groups in total. The molecule has 0 fully saturated rings. The van der Waals surface area contributed by atoms with Crippen molar-refractivity contribution >= 4 is 10.8 Å². The summed E-state index contributed by atoms with van der Waals surface area (Å²) < 4.78 is 5.22. The molecule has 0 saturated carbocycles. The van der Waals surface area contributed by atoms with Crippen LogP contribution in [0, 0.1) is 0 Å². The lowest BCUT2D eigenvalue weighted by atomic mass is 9.79. The quantitative estimate of drug-likeness (QED) is 0.895. The van der Waals surface area contributed by atoms with E-state index in [0.717, 1.165) is 16.7 Å². The number of ether oxygens (including phenoxy) is 1. The minimum atomic E-state index is -0.381. The number of hydrogen-bond acceptors (Lipinski definition) is 2. The fourth-order valence-corrected chi connectivity index (χ4v) is 1.99. The molecule has 0 amide bonds. The van der Waals surface area contributed by atoms with Gasteiger partial charge in [0.05, 0.1) is 13.2 Å². The Morgan fingerprint density at radius 3 is 2.28 bits per heavy atom. The van der Waals surface area contributed by atoms with Gasteiger partial charge >= 0.3 is 0 Å². The van der Waals surface area contributed by atoms with Crippen molar-refractivity contribution in [3.63, 3.8) is 0 Å². The molecule has 2 aromatic rings. The lowest BCUT2D eigenvalue weighted by Crippen LogP contribution is -2.30. The van der Waals surface area contributed by atoms with Crippen LogP contribution in [0.3, 0.4) is 0 Å². The molecule has 1 atom stereocenters. The van der Waals surface area contributed by atoms with Gasteiger partial charge in [0.2, 0.25) is 0 Å². The number of aliphatic hydroxyl groups excluding tert-OH is 1. The summed E-state index contributed by atoms with van der Waals surface area (Å²) >= 11 is 0. The topological polar surface area (TPSA) is 29.5 Å². The summed E-state index contributed by atoms with van der Waals surface area (Å²) in [4.78, 5) is 0. The molecule has 2 rings (SSSR count). The van der Waals surface area contributed by atoms with Gasteiger partial charge in [0.1, 0.15) is 5.75 Å². The van der Waals surface area contributed by atoms with Crippen LogP contribution in [0.2, 0.25) is 0 Å². The highest BCUT2D eigenvalue weighted by atomic mass is 16.5. The molecular weight excluding hydrogens is 224 g/mol. The van der Waals surface area contributed by atoms with Crippen molar-refractivity contribution in [2.45, 2.75) is 32.3 Å². The van der Waals surface area contributed by atoms with Gasteiger partial charge in [0.25, 0.3) is 0 Å². The minimum absolute atomic E-state index is 0.242. The maximum absolute atomic E-state index is 9.87. The second-order valence-electron chi connectivity index (χ2n) is 5.33. The van der Waals surface area contributed by atoms with Crippen LogP contribution in [0.4, 0.5) is 0 Å². The fraction of sp³-hybridized carbons (Fsp3) is 0.375. The van der Waals surface area contributed by atoms with Crippen LogP contribution >= 0.6 is 0 Å². The Hall–Kier alpha value is -1.54. The first-order valence-corrected chi connectivity index (χ1v) is 6.21. The largest absolute Gasteiger partial charge is 0.497 e. The van der Waals surface area contributed by atoms with Crippen LogP contribution in [0.25, 0.3) is 10.8 Å². The Bertz CT molecular complexity index is 556. The molecule has 0 saturated heterocycles. The van der Waals surface area contributed by atoms with Crippen molar-refractivity contribution in [1.82, 2.24) is 0 Å².